The van der Waals surface area contributed by atoms with Crippen LogP contribution < -0.4 is 0 Å². The van der Waals surface area contributed by atoms with E-state index in [0.717, 1.165) is 10.8 Å². The van der Waals surface area contributed by atoms with E-state index in [1.807, 2.05) is 30.3 Å². The van der Waals surface area contributed by atoms with Crippen molar-refractivity contribution in [2.75, 3.05) is 0 Å². The molecule has 0 aliphatic carbocycles. The Morgan fingerprint density at radius 3 is 2.47 bits per heavy atom. The highest BCUT2D eigenvalue weighted by Crippen LogP contribution is 2.21. The molecule has 0 saturated carbocycles. The van der Waals surface area contributed by atoms with Crippen LogP contribution in [0.4, 0.5) is 0 Å². The Hall–Kier alpha value is -1.88. The third-order valence-electron chi connectivity index (χ3n) is 3.12. The number of carbonyl (C=O) groups is 1. The van der Waals surface area contributed by atoms with Gasteiger partial charge in [0.25, 0.3) is 0 Å². The SMILES string of the molecule is CC(C(=O)O)S(=O)(=O)Cc1cccc2ccccc12. The van der Waals surface area contributed by atoms with Gasteiger partial charge in [0, 0.05) is 0 Å². The molecule has 0 aliphatic rings. The maximum absolute atomic E-state index is 12.0. The summed E-state index contributed by atoms with van der Waals surface area (Å²) in [5.74, 6) is -1.58. The van der Waals surface area contributed by atoms with Crippen molar-refractivity contribution in [1.29, 1.82) is 0 Å². The highest BCUT2D eigenvalue weighted by atomic mass is 32.2. The van der Waals surface area contributed by atoms with Crippen molar-refractivity contribution in [3.8, 4) is 0 Å². The van der Waals surface area contributed by atoms with Gasteiger partial charge in [-0.2, -0.15) is 0 Å². The van der Waals surface area contributed by atoms with Crippen molar-refractivity contribution in [2.45, 2.75) is 17.9 Å². The summed E-state index contributed by atoms with van der Waals surface area (Å²) < 4.78 is 24.0. The van der Waals surface area contributed by atoms with Crippen LogP contribution in [0.5, 0.6) is 0 Å². The topological polar surface area (TPSA) is 71.4 Å². The van der Waals surface area contributed by atoms with Gasteiger partial charge in [0.05, 0.1) is 5.75 Å². The second-order valence-corrected chi connectivity index (χ2v) is 6.75. The van der Waals surface area contributed by atoms with E-state index in [9.17, 15) is 13.2 Å². The van der Waals surface area contributed by atoms with Crippen molar-refractivity contribution >= 4 is 26.6 Å². The largest absolute Gasteiger partial charge is 0.480 e. The summed E-state index contributed by atoms with van der Waals surface area (Å²) in [7, 11) is -3.70. The fourth-order valence-corrected chi connectivity index (χ4v) is 3.16. The van der Waals surface area contributed by atoms with E-state index in [1.54, 1.807) is 12.1 Å². The second-order valence-electron chi connectivity index (χ2n) is 4.43. The quantitative estimate of drug-likeness (QED) is 0.931. The zero-order chi connectivity index (χ0) is 14.0. The van der Waals surface area contributed by atoms with Crippen molar-refractivity contribution in [2.24, 2.45) is 0 Å². The summed E-state index contributed by atoms with van der Waals surface area (Å²) in [5.41, 5.74) is 0.631. The second kappa shape index (κ2) is 5.01. The van der Waals surface area contributed by atoms with Crippen molar-refractivity contribution < 1.29 is 18.3 Å². The average molecular weight is 278 g/mol. The first-order chi connectivity index (χ1) is 8.92. The van der Waals surface area contributed by atoms with Crippen LogP contribution in [0.25, 0.3) is 10.8 Å². The number of benzene rings is 2. The molecule has 1 unspecified atom stereocenters. The van der Waals surface area contributed by atoms with Crippen molar-refractivity contribution in [3.05, 3.63) is 48.0 Å². The van der Waals surface area contributed by atoms with Gasteiger partial charge in [-0.05, 0) is 23.3 Å². The minimum Gasteiger partial charge on any atom is -0.480 e. The van der Waals surface area contributed by atoms with Gasteiger partial charge in [-0.1, -0.05) is 42.5 Å². The minimum atomic E-state index is -3.70. The number of hydrogen-bond acceptors (Lipinski definition) is 3. The van der Waals surface area contributed by atoms with Gasteiger partial charge in [-0.25, -0.2) is 8.42 Å². The molecule has 0 bridgehead atoms. The maximum atomic E-state index is 12.0. The number of carboxylic acid groups (broad SMARTS) is 1. The van der Waals surface area contributed by atoms with Crippen molar-refractivity contribution in [1.82, 2.24) is 0 Å². The summed E-state index contributed by atoms with van der Waals surface area (Å²) in [5, 5.41) is 9.21. The molecule has 2 aromatic carbocycles. The third kappa shape index (κ3) is 2.76. The van der Waals surface area contributed by atoms with Crippen LogP contribution in [-0.2, 0) is 20.4 Å². The van der Waals surface area contributed by atoms with Gasteiger partial charge in [0.2, 0.25) is 0 Å². The highest BCUT2D eigenvalue weighted by Gasteiger charge is 2.28. The predicted octanol–water partition coefficient (Wildman–Crippen LogP) is 2.23. The molecule has 0 heterocycles. The first-order valence-electron chi connectivity index (χ1n) is 5.83. The summed E-state index contributed by atoms with van der Waals surface area (Å²) in [4.78, 5) is 10.8. The lowest BCUT2D eigenvalue weighted by Gasteiger charge is -2.10. The lowest BCUT2D eigenvalue weighted by molar-refractivity contribution is -0.136. The number of rotatable bonds is 4. The molecule has 5 heteroatoms. The molecule has 19 heavy (non-hydrogen) atoms. The number of fused-ring (bicyclic) bond motifs is 1. The molecular formula is C14H14O4S. The average Bonchev–Trinajstić information content (AvgIpc) is 2.38. The van der Waals surface area contributed by atoms with Gasteiger partial charge in [-0.3, -0.25) is 4.79 Å². The molecule has 2 rings (SSSR count). The predicted molar refractivity (Wildman–Crippen MR) is 73.7 cm³/mol. The smallest absolute Gasteiger partial charge is 0.321 e. The van der Waals surface area contributed by atoms with Gasteiger partial charge in [-0.15, -0.1) is 0 Å². The molecule has 100 valence electrons. The summed E-state index contributed by atoms with van der Waals surface area (Å²) in [6, 6.07) is 12.8. The zero-order valence-corrected chi connectivity index (χ0v) is 11.2. The Bertz CT molecular complexity index is 714. The first-order valence-corrected chi connectivity index (χ1v) is 7.54. The summed E-state index contributed by atoms with van der Waals surface area (Å²) in [6.07, 6.45) is 0. The van der Waals surface area contributed by atoms with E-state index in [0.29, 0.717) is 5.56 Å². The molecule has 0 aliphatic heterocycles. The summed E-state index contributed by atoms with van der Waals surface area (Å²) >= 11 is 0. The molecule has 0 fully saturated rings. The number of hydrogen-bond donors (Lipinski definition) is 1. The van der Waals surface area contributed by atoms with Crippen LogP contribution in [-0.4, -0.2) is 24.7 Å². The van der Waals surface area contributed by atoms with E-state index in [-0.39, 0.29) is 5.75 Å². The Labute approximate surface area is 111 Å². The Balaban J connectivity index is 2.45. The molecule has 2 aromatic rings. The van der Waals surface area contributed by atoms with Crippen LogP contribution in [0.1, 0.15) is 12.5 Å². The normalized spacial score (nSPS) is 13.3. The van der Waals surface area contributed by atoms with Gasteiger partial charge >= 0.3 is 5.97 Å². The molecule has 1 atom stereocenters. The molecule has 4 nitrogen and oxygen atoms in total. The van der Waals surface area contributed by atoms with E-state index in [4.69, 9.17) is 5.11 Å². The maximum Gasteiger partial charge on any atom is 0.321 e. The lowest BCUT2D eigenvalue weighted by Crippen LogP contribution is -2.28. The summed E-state index contributed by atoms with van der Waals surface area (Å²) in [6.45, 7) is 1.20. The number of aliphatic carboxylic acids is 1. The fourth-order valence-electron chi connectivity index (χ4n) is 1.91. The van der Waals surface area contributed by atoms with Gasteiger partial charge < -0.3 is 5.11 Å². The standard InChI is InChI=1S/C14H14O4S/c1-10(14(15)16)19(17,18)9-12-7-4-6-11-5-2-3-8-13(11)12/h2-8,10H,9H2,1H3,(H,15,16). The van der Waals surface area contributed by atoms with E-state index >= 15 is 0 Å². The molecule has 0 spiro atoms. The monoisotopic (exact) mass is 278 g/mol. The Morgan fingerprint density at radius 1 is 1.16 bits per heavy atom. The molecular weight excluding hydrogens is 264 g/mol. The molecule has 0 saturated heterocycles. The molecule has 1 N–H and O–H groups in total. The van der Waals surface area contributed by atoms with Crippen LogP contribution in [0, 0.1) is 0 Å². The van der Waals surface area contributed by atoms with E-state index in [2.05, 4.69) is 0 Å². The van der Waals surface area contributed by atoms with Gasteiger partial charge in [0.1, 0.15) is 0 Å². The lowest BCUT2D eigenvalue weighted by atomic mass is 10.1. The minimum absolute atomic E-state index is 0.262. The fraction of sp³-hybridized carbons (Fsp3) is 0.214. The first kappa shape index (κ1) is 13.5. The number of sulfone groups is 1. The van der Waals surface area contributed by atoms with E-state index < -0.39 is 21.1 Å². The Kier molecular flexibility index (Phi) is 3.57. The molecule has 0 amide bonds. The Morgan fingerprint density at radius 2 is 1.79 bits per heavy atom. The van der Waals surface area contributed by atoms with Crippen LogP contribution in [0.15, 0.2) is 42.5 Å². The van der Waals surface area contributed by atoms with Crippen molar-refractivity contribution in [3.63, 3.8) is 0 Å². The van der Waals surface area contributed by atoms with Crippen LogP contribution in [0.3, 0.4) is 0 Å². The van der Waals surface area contributed by atoms with E-state index in [1.165, 1.54) is 6.92 Å². The third-order valence-corrected chi connectivity index (χ3v) is 5.12. The van der Waals surface area contributed by atoms with Crippen LogP contribution in [0.2, 0.25) is 0 Å². The van der Waals surface area contributed by atoms with Gasteiger partial charge in [0.15, 0.2) is 15.1 Å². The molecule has 0 radical (unpaired) electrons. The highest BCUT2D eigenvalue weighted by molar-refractivity contribution is 7.92. The van der Waals surface area contributed by atoms with Crippen LogP contribution >= 0.6 is 0 Å². The zero-order valence-electron chi connectivity index (χ0n) is 10.4. The molecule has 0 aromatic heterocycles. The number of carboxylic acids is 1.